The molecule has 0 aromatic heterocycles. The van der Waals surface area contributed by atoms with Gasteiger partial charge in [-0.1, -0.05) is 18.2 Å². The van der Waals surface area contributed by atoms with Crippen LogP contribution in [0.4, 0.5) is 0 Å². The summed E-state index contributed by atoms with van der Waals surface area (Å²) in [5.74, 6) is 0.338. The van der Waals surface area contributed by atoms with Crippen molar-refractivity contribution >= 4 is 5.97 Å². The highest BCUT2D eigenvalue weighted by molar-refractivity contribution is 5.75. The molecule has 0 amide bonds. The topological polar surface area (TPSA) is 61.6 Å². The molecule has 0 spiro atoms. The number of nitrogens with two attached hydrogens (primary N) is 1. The molecule has 2 N–H and O–H groups in total. The summed E-state index contributed by atoms with van der Waals surface area (Å²) in [5, 5.41) is 0. The van der Waals surface area contributed by atoms with E-state index in [0.29, 0.717) is 0 Å². The molecule has 0 saturated heterocycles. The van der Waals surface area contributed by atoms with Crippen molar-refractivity contribution in [1.82, 2.24) is 0 Å². The maximum atomic E-state index is 11.3. The summed E-state index contributed by atoms with van der Waals surface area (Å²) in [4.78, 5) is 11.3. The van der Waals surface area contributed by atoms with Gasteiger partial charge in [-0.15, -0.1) is 0 Å². The van der Waals surface area contributed by atoms with Crippen molar-refractivity contribution in [2.45, 2.75) is 39.0 Å². The Kier molecular flexibility index (Phi) is 4.97. The van der Waals surface area contributed by atoms with E-state index < -0.39 is 12.0 Å². The number of hydrogen-bond acceptors (Lipinski definition) is 4. The fourth-order valence-corrected chi connectivity index (χ4v) is 1.20. The van der Waals surface area contributed by atoms with E-state index in [9.17, 15) is 4.79 Å². The van der Waals surface area contributed by atoms with Gasteiger partial charge in [0.25, 0.3) is 0 Å². The number of hydrogen-bond donors (Lipinski definition) is 1. The highest BCUT2D eigenvalue weighted by Crippen LogP contribution is 2.13. The van der Waals surface area contributed by atoms with E-state index in [4.69, 9.17) is 15.2 Å². The molecule has 0 bridgehead atoms. The Morgan fingerprint density at radius 3 is 2.24 bits per heavy atom. The number of rotatable bonds is 5. The smallest absolute Gasteiger partial charge is 0.323 e. The molecule has 0 fully saturated rings. The van der Waals surface area contributed by atoms with Crippen LogP contribution in [0.1, 0.15) is 20.8 Å². The van der Waals surface area contributed by atoms with Crippen molar-refractivity contribution in [1.29, 1.82) is 0 Å². The lowest BCUT2D eigenvalue weighted by molar-refractivity contribution is -0.153. The third-order valence-electron chi connectivity index (χ3n) is 2.40. The fourth-order valence-electron chi connectivity index (χ4n) is 1.20. The van der Waals surface area contributed by atoms with Crippen LogP contribution >= 0.6 is 0 Å². The first-order chi connectivity index (χ1) is 8.00. The Morgan fingerprint density at radius 2 is 1.71 bits per heavy atom. The number of para-hydroxylation sites is 1. The van der Waals surface area contributed by atoms with Crippen LogP contribution in [0, 0.1) is 0 Å². The second-order valence-electron chi connectivity index (χ2n) is 4.07. The van der Waals surface area contributed by atoms with Crippen molar-refractivity contribution in [3.8, 4) is 5.75 Å². The van der Waals surface area contributed by atoms with Gasteiger partial charge in [-0.2, -0.15) is 0 Å². The first kappa shape index (κ1) is 13.5. The normalized spacial score (nSPS) is 15.8. The molecule has 0 aliphatic heterocycles. The van der Waals surface area contributed by atoms with E-state index in [1.807, 2.05) is 37.3 Å². The minimum absolute atomic E-state index is 0.222. The summed E-state index contributed by atoms with van der Waals surface area (Å²) in [6.07, 6.45) is -0.561. The standard InChI is InChI=1S/C13H19NO3/c1-9(14)13(15)17-11(3)10(2)16-12-7-5-4-6-8-12/h4-11H,14H2,1-3H3/t9-,10-,11+/m0/s1. The van der Waals surface area contributed by atoms with E-state index in [1.165, 1.54) is 0 Å². The zero-order valence-corrected chi connectivity index (χ0v) is 10.4. The third-order valence-corrected chi connectivity index (χ3v) is 2.40. The second kappa shape index (κ2) is 6.25. The lowest BCUT2D eigenvalue weighted by Crippen LogP contribution is -2.37. The molecule has 1 aromatic carbocycles. The Hall–Kier alpha value is -1.55. The monoisotopic (exact) mass is 237 g/mol. The third kappa shape index (κ3) is 4.44. The van der Waals surface area contributed by atoms with Crippen molar-refractivity contribution in [3.05, 3.63) is 30.3 Å². The van der Waals surface area contributed by atoms with Gasteiger partial charge >= 0.3 is 5.97 Å². The Labute approximate surface area is 102 Å². The minimum Gasteiger partial charge on any atom is -0.487 e. The average molecular weight is 237 g/mol. The zero-order chi connectivity index (χ0) is 12.8. The lowest BCUT2D eigenvalue weighted by atomic mass is 10.2. The van der Waals surface area contributed by atoms with Gasteiger partial charge in [-0.05, 0) is 32.9 Å². The first-order valence-electron chi connectivity index (χ1n) is 5.68. The predicted molar refractivity (Wildman–Crippen MR) is 65.7 cm³/mol. The molecule has 94 valence electrons. The highest BCUT2D eigenvalue weighted by Gasteiger charge is 2.20. The minimum atomic E-state index is -0.610. The quantitative estimate of drug-likeness (QED) is 0.792. The van der Waals surface area contributed by atoms with Gasteiger partial charge in [-0.25, -0.2) is 0 Å². The predicted octanol–water partition coefficient (Wildman–Crippen LogP) is 1.73. The molecule has 0 heterocycles. The van der Waals surface area contributed by atoms with Gasteiger partial charge < -0.3 is 15.2 Å². The molecule has 17 heavy (non-hydrogen) atoms. The van der Waals surface area contributed by atoms with Crippen LogP contribution in [0.2, 0.25) is 0 Å². The van der Waals surface area contributed by atoms with E-state index >= 15 is 0 Å². The van der Waals surface area contributed by atoms with Gasteiger partial charge in [0, 0.05) is 0 Å². The molecule has 0 saturated carbocycles. The molecular weight excluding hydrogens is 218 g/mol. The second-order valence-corrected chi connectivity index (χ2v) is 4.07. The van der Waals surface area contributed by atoms with Crippen LogP contribution < -0.4 is 10.5 Å². The van der Waals surface area contributed by atoms with Crippen LogP contribution in [0.25, 0.3) is 0 Å². The van der Waals surface area contributed by atoms with Gasteiger partial charge in [0.2, 0.25) is 0 Å². The van der Waals surface area contributed by atoms with Crippen LogP contribution in [0.3, 0.4) is 0 Å². The van der Waals surface area contributed by atoms with Gasteiger partial charge in [-0.3, -0.25) is 4.79 Å². The summed E-state index contributed by atoms with van der Waals surface area (Å²) in [6.45, 7) is 5.23. The Balaban J connectivity index is 2.47. The van der Waals surface area contributed by atoms with Crippen molar-refractivity contribution in [2.75, 3.05) is 0 Å². The SMILES string of the molecule is C[C@H](N)C(=O)O[C@H](C)[C@H](C)Oc1ccccc1. The molecule has 0 unspecified atom stereocenters. The zero-order valence-electron chi connectivity index (χ0n) is 10.4. The number of ether oxygens (including phenoxy) is 2. The average Bonchev–Trinajstić information content (AvgIpc) is 2.29. The highest BCUT2D eigenvalue weighted by atomic mass is 16.6. The maximum absolute atomic E-state index is 11.3. The van der Waals surface area contributed by atoms with Crippen LogP contribution in [0.15, 0.2) is 30.3 Å². The first-order valence-corrected chi connectivity index (χ1v) is 5.68. The Bertz CT molecular complexity index is 351. The van der Waals surface area contributed by atoms with Gasteiger partial charge in [0.1, 0.15) is 24.0 Å². The summed E-state index contributed by atoms with van der Waals surface area (Å²) >= 11 is 0. The summed E-state index contributed by atoms with van der Waals surface area (Å²) in [5.41, 5.74) is 5.42. The molecule has 0 radical (unpaired) electrons. The number of benzene rings is 1. The van der Waals surface area contributed by atoms with Crippen molar-refractivity contribution in [2.24, 2.45) is 5.73 Å². The molecule has 0 aliphatic rings. The molecular formula is C13H19NO3. The van der Waals surface area contributed by atoms with Crippen LogP contribution in [-0.4, -0.2) is 24.2 Å². The molecule has 4 heteroatoms. The van der Waals surface area contributed by atoms with Gasteiger partial charge in [0.05, 0.1) is 0 Å². The van der Waals surface area contributed by atoms with Gasteiger partial charge in [0.15, 0.2) is 0 Å². The summed E-state index contributed by atoms with van der Waals surface area (Å²) in [6, 6.07) is 8.80. The largest absolute Gasteiger partial charge is 0.487 e. The van der Waals surface area contributed by atoms with Crippen LogP contribution in [-0.2, 0) is 9.53 Å². The number of carbonyl (C=O) groups is 1. The van der Waals surface area contributed by atoms with Crippen molar-refractivity contribution in [3.63, 3.8) is 0 Å². The molecule has 1 aromatic rings. The summed E-state index contributed by atoms with van der Waals surface area (Å²) in [7, 11) is 0. The lowest BCUT2D eigenvalue weighted by Gasteiger charge is -2.22. The molecule has 4 nitrogen and oxygen atoms in total. The molecule has 0 aliphatic carbocycles. The van der Waals surface area contributed by atoms with Crippen LogP contribution in [0.5, 0.6) is 5.75 Å². The fraction of sp³-hybridized carbons (Fsp3) is 0.462. The molecule has 3 atom stereocenters. The number of carbonyl (C=O) groups excluding carboxylic acids is 1. The summed E-state index contributed by atoms with van der Waals surface area (Å²) < 4.78 is 10.8. The van der Waals surface area contributed by atoms with E-state index in [0.717, 1.165) is 5.75 Å². The van der Waals surface area contributed by atoms with E-state index in [1.54, 1.807) is 13.8 Å². The number of esters is 1. The van der Waals surface area contributed by atoms with E-state index in [-0.39, 0.29) is 12.2 Å². The van der Waals surface area contributed by atoms with E-state index in [2.05, 4.69) is 0 Å². The molecule has 1 rings (SSSR count). The Morgan fingerprint density at radius 1 is 1.12 bits per heavy atom. The van der Waals surface area contributed by atoms with Crippen molar-refractivity contribution < 1.29 is 14.3 Å². The maximum Gasteiger partial charge on any atom is 0.323 e.